The molecule has 0 nitrogen and oxygen atoms in total. The van der Waals surface area contributed by atoms with Crippen LogP contribution in [0.4, 0.5) is 0 Å². The first-order valence-corrected chi connectivity index (χ1v) is 5.83. The normalized spacial score (nSPS) is 57.2. The van der Waals surface area contributed by atoms with Crippen molar-refractivity contribution in [1.82, 2.24) is 0 Å². The van der Waals surface area contributed by atoms with Gasteiger partial charge in [0.1, 0.15) is 0 Å². The van der Waals surface area contributed by atoms with E-state index in [0.717, 1.165) is 17.8 Å². The predicted octanol–water partition coefficient (Wildman–Crippen LogP) is 3.47. The molecule has 0 heterocycles. The molecule has 5 atom stereocenters. The summed E-state index contributed by atoms with van der Waals surface area (Å²) in [5.74, 6) is 5.70. The van der Waals surface area contributed by atoms with Crippen LogP contribution in [0, 0.1) is 29.6 Å². The van der Waals surface area contributed by atoms with Crippen LogP contribution in [-0.2, 0) is 0 Å². The van der Waals surface area contributed by atoms with Gasteiger partial charge in [-0.3, -0.25) is 0 Å². The molecule has 0 aromatic heterocycles. The molecule has 3 saturated carbocycles. The van der Waals surface area contributed by atoms with E-state index in [0.29, 0.717) is 0 Å². The third-order valence-corrected chi connectivity index (χ3v) is 4.81. The highest BCUT2D eigenvalue weighted by Crippen LogP contribution is 2.56. The van der Waals surface area contributed by atoms with Crippen molar-refractivity contribution >= 4 is 0 Å². The van der Waals surface area contributed by atoms with Crippen LogP contribution in [0.2, 0.25) is 0 Å². The minimum atomic E-state index is 1.05. The molecule has 0 N–H and O–H groups in total. The van der Waals surface area contributed by atoms with Gasteiger partial charge in [0.15, 0.2) is 0 Å². The number of hydrogen-bond acceptors (Lipinski definition) is 0. The topological polar surface area (TPSA) is 0 Å². The summed E-state index contributed by atoms with van der Waals surface area (Å²) in [6.45, 7) is 2.48. The Morgan fingerprint density at radius 3 is 2.67 bits per heavy atom. The third kappa shape index (κ3) is 0.963. The molecular weight excluding hydrogens is 144 g/mol. The summed E-state index contributed by atoms with van der Waals surface area (Å²) in [5, 5.41) is 0. The van der Waals surface area contributed by atoms with Gasteiger partial charge in [-0.15, -0.1) is 0 Å². The van der Waals surface area contributed by atoms with Crippen LogP contribution in [-0.4, -0.2) is 0 Å². The molecule has 5 unspecified atom stereocenters. The van der Waals surface area contributed by atoms with E-state index in [-0.39, 0.29) is 0 Å². The maximum absolute atomic E-state index is 2.48. The molecule has 3 aliphatic carbocycles. The summed E-state index contributed by atoms with van der Waals surface area (Å²) in [5.41, 5.74) is 0. The van der Waals surface area contributed by atoms with Crippen molar-refractivity contribution in [3.05, 3.63) is 0 Å². The van der Waals surface area contributed by atoms with Gasteiger partial charge in [0, 0.05) is 0 Å². The average Bonchev–Trinajstić information content (AvgIpc) is 2.10. The second kappa shape index (κ2) is 2.49. The number of rotatable bonds is 0. The first-order chi connectivity index (χ1) is 5.83. The lowest BCUT2D eigenvalue weighted by molar-refractivity contribution is 0.0162. The molecule has 2 bridgehead atoms. The molecule has 12 heavy (non-hydrogen) atoms. The van der Waals surface area contributed by atoms with E-state index >= 15 is 0 Å². The van der Waals surface area contributed by atoms with Crippen LogP contribution in [0.15, 0.2) is 0 Å². The summed E-state index contributed by atoms with van der Waals surface area (Å²) in [6, 6.07) is 0. The second-order valence-electron chi connectivity index (χ2n) is 5.68. The molecule has 0 aromatic carbocycles. The van der Waals surface area contributed by atoms with Gasteiger partial charge in [-0.1, -0.05) is 13.3 Å². The fourth-order valence-electron chi connectivity index (χ4n) is 4.26. The smallest absolute Gasteiger partial charge is 0.0354 e. The van der Waals surface area contributed by atoms with Gasteiger partial charge < -0.3 is 0 Å². The Kier molecular flexibility index (Phi) is 1.54. The third-order valence-electron chi connectivity index (χ3n) is 4.81. The predicted molar refractivity (Wildman–Crippen MR) is 50.8 cm³/mol. The van der Waals surface area contributed by atoms with Crippen molar-refractivity contribution in [3.8, 4) is 0 Å². The Balaban J connectivity index is 1.82. The van der Waals surface area contributed by atoms with Gasteiger partial charge in [-0.05, 0) is 61.7 Å². The van der Waals surface area contributed by atoms with Crippen molar-refractivity contribution < 1.29 is 0 Å². The molecule has 0 amide bonds. The summed E-state index contributed by atoms with van der Waals surface area (Å²) in [6.07, 6.45) is 9.48. The lowest BCUT2D eigenvalue weighted by atomic mass is 9.57. The number of hydrogen-bond donors (Lipinski definition) is 0. The molecule has 0 saturated heterocycles. The second-order valence-corrected chi connectivity index (χ2v) is 5.68. The monoisotopic (exact) mass is 164 g/mol. The van der Waals surface area contributed by atoms with Gasteiger partial charge in [0.2, 0.25) is 0 Å². The SMILES string of the molecule is CC1CC2CCC3CC(C1)C3C2. The molecule has 3 aliphatic rings. The minimum absolute atomic E-state index is 1.05. The van der Waals surface area contributed by atoms with Crippen LogP contribution >= 0.6 is 0 Å². The standard InChI is InChI=1S/C12H20/c1-8-4-9-2-3-10-7-11(5-8)12(10)6-9/h8-12H,2-7H2,1H3. The first kappa shape index (κ1) is 7.41. The highest BCUT2D eigenvalue weighted by molar-refractivity contribution is 4.96. The number of fused-ring (bicyclic) bond motifs is 1. The lowest BCUT2D eigenvalue weighted by Crippen LogP contribution is -2.39. The van der Waals surface area contributed by atoms with Gasteiger partial charge in [-0.2, -0.15) is 0 Å². The van der Waals surface area contributed by atoms with Crippen LogP contribution < -0.4 is 0 Å². The highest BCUT2D eigenvalue weighted by atomic mass is 14.5. The van der Waals surface area contributed by atoms with Crippen molar-refractivity contribution in [2.75, 3.05) is 0 Å². The van der Waals surface area contributed by atoms with E-state index in [9.17, 15) is 0 Å². The Morgan fingerprint density at radius 1 is 0.833 bits per heavy atom. The molecule has 3 rings (SSSR count). The van der Waals surface area contributed by atoms with Gasteiger partial charge in [0.05, 0.1) is 0 Å². The summed E-state index contributed by atoms with van der Waals surface area (Å²) in [7, 11) is 0. The molecular formula is C12H20. The Labute approximate surface area is 75.7 Å². The van der Waals surface area contributed by atoms with Crippen molar-refractivity contribution in [1.29, 1.82) is 0 Å². The molecule has 68 valence electrons. The maximum Gasteiger partial charge on any atom is -0.0354 e. The van der Waals surface area contributed by atoms with Crippen LogP contribution in [0.1, 0.15) is 45.4 Å². The van der Waals surface area contributed by atoms with Crippen LogP contribution in [0.5, 0.6) is 0 Å². The van der Waals surface area contributed by atoms with E-state index in [4.69, 9.17) is 0 Å². The fourth-order valence-corrected chi connectivity index (χ4v) is 4.26. The molecule has 0 aromatic rings. The average molecular weight is 164 g/mol. The van der Waals surface area contributed by atoms with Gasteiger partial charge in [-0.25, -0.2) is 0 Å². The largest absolute Gasteiger partial charge is 0.0625 e. The molecule has 0 spiro atoms. The van der Waals surface area contributed by atoms with E-state index in [1.165, 1.54) is 11.8 Å². The van der Waals surface area contributed by atoms with Crippen molar-refractivity contribution in [2.24, 2.45) is 29.6 Å². The van der Waals surface area contributed by atoms with Gasteiger partial charge >= 0.3 is 0 Å². The van der Waals surface area contributed by atoms with Crippen LogP contribution in [0.25, 0.3) is 0 Å². The zero-order chi connectivity index (χ0) is 8.13. The minimum Gasteiger partial charge on any atom is -0.0625 e. The zero-order valence-corrected chi connectivity index (χ0v) is 8.13. The summed E-state index contributed by atoms with van der Waals surface area (Å²) < 4.78 is 0. The summed E-state index contributed by atoms with van der Waals surface area (Å²) >= 11 is 0. The van der Waals surface area contributed by atoms with E-state index < -0.39 is 0 Å². The lowest BCUT2D eigenvalue weighted by Gasteiger charge is -2.48. The Morgan fingerprint density at radius 2 is 1.75 bits per heavy atom. The van der Waals surface area contributed by atoms with Crippen molar-refractivity contribution in [2.45, 2.75) is 45.4 Å². The molecule has 0 heteroatoms. The van der Waals surface area contributed by atoms with Gasteiger partial charge in [0.25, 0.3) is 0 Å². The Hall–Kier alpha value is 0. The molecule has 3 fully saturated rings. The first-order valence-electron chi connectivity index (χ1n) is 5.83. The molecule has 0 aliphatic heterocycles. The zero-order valence-electron chi connectivity index (χ0n) is 8.13. The maximum atomic E-state index is 2.48. The quantitative estimate of drug-likeness (QED) is 0.514. The fraction of sp³-hybridized carbons (Fsp3) is 1.00. The summed E-state index contributed by atoms with van der Waals surface area (Å²) in [4.78, 5) is 0. The van der Waals surface area contributed by atoms with E-state index in [1.54, 1.807) is 38.5 Å². The van der Waals surface area contributed by atoms with E-state index in [2.05, 4.69) is 6.92 Å². The highest BCUT2D eigenvalue weighted by Gasteiger charge is 2.46. The Bertz CT molecular complexity index is 178. The van der Waals surface area contributed by atoms with E-state index in [1.807, 2.05) is 0 Å². The van der Waals surface area contributed by atoms with Crippen molar-refractivity contribution in [3.63, 3.8) is 0 Å². The molecule has 0 radical (unpaired) electrons. The van der Waals surface area contributed by atoms with Crippen LogP contribution in [0.3, 0.4) is 0 Å².